The number of hydrogen-bond donors (Lipinski definition) is 1. The summed E-state index contributed by atoms with van der Waals surface area (Å²) in [5, 5.41) is 9.25. The molecule has 1 atom stereocenters. The van der Waals surface area contributed by atoms with E-state index in [1.54, 1.807) is 4.31 Å². The van der Waals surface area contributed by atoms with Gasteiger partial charge in [0.2, 0.25) is 10.0 Å². The molecule has 23 heavy (non-hydrogen) atoms. The van der Waals surface area contributed by atoms with Gasteiger partial charge in [-0.05, 0) is 41.7 Å². The molecule has 1 saturated heterocycles. The lowest BCUT2D eigenvalue weighted by Crippen LogP contribution is -2.42. The molecule has 1 N–H and O–H groups in total. The van der Waals surface area contributed by atoms with Gasteiger partial charge in [-0.15, -0.1) is 0 Å². The van der Waals surface area contributed by atoms with E-state index >= 15 is 0 Å². The Bertz CT molecular complexity index is 602. The molecule has 2 rings (SSSR count). The van der Waals surface area contributed by atoms with E-state index in [-0.39, 0.29) is 23.7 Å². The average Bonchev–Trinajstić information content (AvgIpc) is 2.52. The Morgan fingerprint density at radius 1 is 1.22 bits per heavy atom. The van der Waals surface area contributed by atoms with Gasteiger partial charge in [0, 0.05) is 19.7 Å². The maximum Gasteiger partial charge on any atom is 0.214 e. The van der Waals surface area contributed by atoms with Crippen LogP contribution in [0.2, 0.25) is 0 Å². The number of aryl methyl sites for hydroxylation is 1. The van der Waals surface area contributed by atoms with Gasteiger partial charge in [-0.1, -0.05) is 45.0 Å². The molecule has 1 unspecified atom stereocenters. The molecule has 130 valence electrons. The quantitative estimate of drug-likeness (QED) is 0.897. The van der Waals surface area contributed by atoms with Crippen molar-refractivity contribution in [3.05, 3.63) is 35.4 Å². The van der Waals surface area contributed by atoms with E-state index in [4.69, 9.17) is 0 Å². The third-order valence-electron chi connectivity index (χ3n) is 4.60. The van der Waals surface area contributed by atoms with Crippen LogP contribution in [0.15, 0.2) is 24.3 Å². The third-order valence-corrected chi connectivity index (χ3v) is 6.44. The third kappa shape index (κ3) is 5.03. The highest BCUT2D eigenvalue weighted by Crippen LogP contribution is 2.23. The van der Waals surface area contributed by atoms with Gasteiger partial charge in [-0.25, -0.2) is 12.7 Å². The Labute approximate surface area is 140 Å². The van der Waals surface area contributed by atoms with Crippen LogP contribution in [0.3, 0.4) is 0 Å². The summed E-state index contributed by atoms with van der Waals surface area (Å²) in [7, 11) is -3.24. The van der Waals surface area contributed by atoms with Crippen molar-refractivity contribution in [1.29, 1.82) is 0 Å². The molecule has 0 radical (unpaired) electrons. The van der Waals surface area contributed by atoms with Crippen LogP contribution in [0.4, 0.5) is 0 Å². The minimum Gasteiger partial charge on any atom is -0.396 e. The van der Waals surface area contributed by atoms with Crippen molar-refractivity contribution in [2.75, 3.05) is 25.4 Å². The van der Waals surface area contributed by atoms with Gasteiger partial charge in [-0.3, -0.25) is 0 Å². The average molecular weight is 340 g/mol. The van der Waals surface area contributed by atoms with Gasteiger partial charge in [0.25, 0.3) is 0 Å². The molecule has 0 aromatic heterocycles. The lowest BCUT2D eigenvalue weighted by atomic mass is 9.86. The number of aliphatic hydroxyl groups is 1. The fraction of sp³-hybridized carbons (Fsp3) is 0.667. The first kappa shape index (κ1) is 18.4. The fourth-order valence-corrected chi connectivity index (χ4v) is 4.57. The van der Waals surface area contributed by atoms with E-state index in [0.717, 1.165) is 18.4 Å². The number of hydrogen-bond acceptors (Lipinski definition) is 3. The van der Waals surface area contributed by atoms with Crippen LogP contribution in [0.25, 0.3) is 0 Å². The SMILES string of the molecule is CC(C)(C)c1ccc(CCS(=O)(=O)N2CCCC(CO)C2)cc1. The van der Waals surface area contributed by atoms with Crippen LogP contribution >= 0.6 is 0 Å². The Morgan fingerprint density at radius 3 is 2.43 bits per heavy atom. The Morgan fingerprint density at radius 2 is 1.87 bits per heavy atom. The van der Waals surface area contributed by atoms with Crippen LogP contribution < -0.4 is 0 Å². The maximum atomic E-state index is 12.5. The molecule has 0 amide bonds. The van der Waals surface area contributed by atoms with Crippen molar-refractivity contribution < 1.29 is 13.5 Å². The minimum absolute atomic E-state index is 0.0697. The lowest BCUT2D eigenvalue weighted by Gasteiger charge is -2.31. The summed E-state index contributed by atoms with van der Waals surface area (Å²) in [6, 6.07) is 8.24. The molecule has 0 saturated carbocycles. The Hall–Kier alpha value is -0.910. The van der Waals surface area contributed by atoms with Crippen molar-refractivity contribution >= 4 is 10.0 Å². The van der Waals surface area contributed by atoms with Gasteiger partial charge < -0.3 is 5.11 Å². The number of sulfonamides is 1. The predicted molar refractivity (Wildman–Crippen MR) is 94.0 cm³/mol. The molecule has 5 heteroatoms. The van der Waals surface area contributed by atoms with Crippen molar-refractivity contribution in [1.82, 2.24) is 4.31 Å². The molecular weight excluding hydrogens is 310 g/mol. The number of benzene rings is 1. The number of aliphatic hydroxyl groups excluding tert-OH is 1. The standard InChI is InChI=1S/C18H29NO3S/c1-18(2,3)17-8-6-15(7-9-17)10-12-23(21,22)19-11-4-5-16(13-19)14-20/h6-9,16,20H,4-5,10-14H2,1-3H3. The molecule has 1 fully saturated rings. The first-order valence-electron chi connectivity index (χ1n) is 8.40. The van der Waals surface area contributed by atoms with Crippen molar-refractivity contribution in [3.63, 3.8) is 0 Å². The molecule has 0 aliphatic carbocycles. The fourth-order valence-electron chi connectivity index (χ4n) is 2.98. The minimum atomic E-state index is -3.24. The highest BCUT2D eigenvalue weighted by atomic mass is 32.2. The van der Waals surface area contributed by atoms with Gasteiger partial charge in [0.05, 0.1) is 5.75 Å². The molecule has 0 bridgehead atoms. The van der Waals surface area contributed by atoms with E-state index in [9.17, 15) is 13.5 Å². The molecular formula is C18H29NO3S. The summed E-state index contributed by atoms with van der Waals surface area (Å²) in [5.74, 6) is 0.226. The summed E-state index contributed by atoms with van der Waals surface area (Å²) in [6.45, 7) is 7.62. The number of nitrogens with zero attached hydrogens (tertiary/aromatic N) is 1. The van der Waals surface area contributed by atoms with Gasteiger partial charge in [0.1, 0.15) is 0 Å². The first-order chi connectivity index (χ1) is 10.7. The zero-order chi connectivity index (χ0) is 17.1. The lowest BCUT2D eigenvalue weighted by molar-refractivity contribution is 0.165. The van der Waals surface area contributed by atoms with E-state index in [1.165, 1.54) is 5.56 Å². The Kier molecular flexibility index (Phi) is 5.87. The van der Waals surface area contributed by atoms with E-state index < -0.39 is 10.0 Å². The highest BCUT2D eigenvalue weighted by Gasteiger charge is 2.28. The highest BCUT2D eigenvalue weighted by molar-refractivity contribution is 7.89. The molecule has 1 aliphatic rings. The summed E-state index contributed by atoms with van der Waals surface area (Å²) in [5.41, 5.74) is 2.42. The zero-order valence-corrected chi connectivity index (χ0v) is 15.3. The van der Waals surface area contributed by atoms with Crippen molar-refractivity contribution in [2.45, 2.75) is 45.4 Å². The first-order valence-corrected chi connectivity index (χ1v) is 10.0. The molecule has 1 aromatic rings. The van der Waals surface area contributed by atoms with Crippen molar-refractivity contribution in [2.24, 2.45) is 5.92 Å². The zero-order valence-electron chi connectivity index (χ0n) is 14.5. The van der Waals surface area contributed by atoms with Crippen molar-refractivity contribution in [3.8, 4) is 0 Å². The summed E-state index contributed by atoms with van der Waals surface area (Å²) >= 11 is 0. The summed E-state index contributed by atoms with van der Waals surface area (Å²) < 4.78 is 26.5. The second-order valence-corrected chi connectivity index (χ2v) is 9.65. The van der Waals surface area contributed by atoms with Crippen LogP contribution in [0, 0.1) is 5.92 Å². The molecule has 1 aliphatic heterocycles. The second kappa shape index (κ2) is 7.32. The van der Waals surface area contributed by atoms with Gasteiger partial charge >= 0.3 is 0 Å². The molecule has 1 aromatic carbocycles. The summed E-state index contributed by atoms with van der Waals surface area (Å²) in [4.78, 5) is 0. The van der Waals surface area contributed by atoms with Gasteiger partial charge in [0.15, 0.2) is 0 Å². The smallest absolute Gasteiger partial charge is 0.214 e. The van der Waals surface area contributed by atoms with Crippen LogP contribution in [0.5, 0.6) is 0 Å². The number of piperidine rings is 1. The maximum absolute atomic E-state index is 12.5. The van der Waals surface area contributed by atoms with E-state index in [1.807, 2.05) is 12.1 Å². The molecule has 4 nitrogen and oxygen atoms in total. The van der Waals surface area contributed by atoms with Crippen LogP contribution in [-0.2, 0) is 21.9 Å². The normalized spacial score (nSPS) is 20.6. The summed E-state index contributed by atoms with van der Waals surface area (Å²) in [6.07, 6.45) is 2.29. The predicted octanol–water partition coefficient (Wildman–Crippen LogP) is 2.56. The van der Waals surface area contributed by atoms with E-state index in [2.05, 4.69) is 32.9 Å². The Balaban J connectivity index is 1.96. The monoisotopic (exact) mass is 339 g/mol. The van der Waals surface area contributed by atoms with E-state index in [0.29, 0.717) is 19.5 Å². The van der Waals surface area contributed by atoms with Crippen LogP contribution in [-0.4, -0.2) is 43.3 Å². The second-order valence-electron chi connectivity index (χ2n) is 7.56. The molecule has 0 spiro atoms. The van der Waals surface area contributed by atoms with Gasteiger partial charge in [-0.2, -0.15) is 0 Å². The largest absolute Gasteiger partial charge is 0.396 e. The molecule has 1 heterocycles. The van der Waals surface area contributed by atoms with Crippen LogP contribution in [0.1, 0.15) is 44.7 Å². The number of rotatable bonds is 5. The topological polar surface area (TPSA) is 57.6 Å².